The van der Waals surface area contributed by atoms with Gasteiger partial charge < -0.3 is 17.7 Å². The van der Waals surface area contributed by atoms with Crippen LogP contribution in [0, 0.1) is 137 Å². The van der Waals surface area contributed by atoms with Crippen molar-refractivity contribution in [3.63, 3.8) is 0 Å². The Labute approximate surface area is 708 Å². The highest BCUT2D eigenvalue weighted by Crippen LogP contribution is 2.45. The van der Waals surface area contributed by atoms with Crippen molar-refractivity contribution in [2.75, 3.05) is 0 Å². The molecule has 0 spiro atoms. The summed E-state index contributed by atoms with van der Waals surface area (Å²) in [4.78, 5) is 17.9. The molecule has 12 heterocycles. The third kappa shape index (κ3) is 14.8. The molecule has 20 aromatic rings. The Morgan fingerprint density at radius 1 is 0.238 bits per heavy atom. The van der Waals surface area contributed by atoms with Gasteiger partial charge in [-0.25, -0.2) is 99.7 Å². The minimum Gasteiger partial charge on any atom is -0.437 e. The first kappa shape index (κ1) is 83.4. The molecule has 0 unspecified atom stereocenters. The van der Waals surface area contributed by atoms with Gasteiger partial charge in [-0.15, -0.1) is 0 Å². The van der Waals surface area contributed by atoms with Crippen LogP contribution in [0.5, 0.6) is 0 Å². The van der Waals surface area contributed by atoms with Gasteiger partial charge in [-0.1, -0.05) is 48.5 Å². The van der Waals surface area contributed by atoms with E-state index in [0.717, 1.165) is 164 Å². The lowest BCUT2D eigenvalue weighted by Gasteiger charge is -2.11. The van der Waals surface area contributed by atoms with Crippen molar-refractivity contribution >= 4 is 88.3 Å². The summed E-state index contributed by atoms with van der Waals surface area (Å²) >= 11 is 0. The Hall–Kier alpha value is -14.8. The smallest absolute Gasteiger partial charge is 0.227 e. The van der Waals surface area contributed by atoms with Crippen LogP contribution in [0.4, 0.5) is 61.5 Å². The van der Waals surface area contributed by atoms with E-state index in [2.05, 4.69) is 19.9 Å². The molecule has 0 saturated carbocycles. The number of pyridine rings is 8. The molecule has 0 atom stereocenters. The molecule has 0 bridgehead atoms. The predicted octanol–water partition coefficient (Wildman–Crippen LogP) is 25.0. The zero-order valence-electron chi connectivity index (χ0n) is 69.1. The van der Waals surface area contributed by atoms with E-state index in [4.69, 9.17) is 17.7 Å². The number of hydrogen-bond donors (Lipinski definition) is 0. The van der Waals surface area contributed by atoms with E-state index in [0.29, 0.717) is 67.7 Å². The molecule has 0 aliphatic carbocycles. The highest BCUT2D eigenvalue weighted by molar-refractivity contribution is 6.12. The van der Waals surface area contributed by atoms with Crippen molar-refractivity contribution < 1.29 is 97.4 Å². The first-order valence-electron chi connectivity index (χ1n) is 39.3. The molecule has 0 amide bonds. The van der Waals surface area contributed by atoms with Gasteiger partial charge in [-0.2, -0.15) is 0 Å². The molecular weight excluding hydrogens is 1640 g/mol. The monoisotopic (exact) mass is 1710 g/mol. The maximum Gasteiger partial charge on any atom is 0.227 e. The number of hydrogen-bond acceptors (Lipinski definition) is 8. The molecule has 12 aromatic heterocycles. The molecule has 628 valence electrons. The van der Waals surface area contributed by atoms with Crippen molar-refractivity contribution in [2.45, 2.75) is 55.4 Å². The van der Waals surface area contributed by atoms with Crippen LogP contribution in [0.1, 0.15) is 45.0 Å². The average Bonchev–Trinajstić information content (AvgIpc) is 1.59. The van der Waals surface area contributed by atoms with Crippen LogP contribution in [-0.4, -0.2) is 19.9 Å². The molecule has 20 rings (SSSR count). The third-order valence-corrected chi connectivity index (χ3v) is 22.4. The fraction of sp³-hybridized carbons (Fsp3) is 0.120. The van der Waals surface area contributed by atoms with Crippen LogP contribution in [0.2, 0.25) is 0 Å². The van der Waals surface area contributed by atoms with Gasteiger partial charge in [0.05, 0.1) is 38.9 Å². The topological polar surface area (TPSA) is 120 Å². The zero-order chi connectivity index (χ0) is 89.2. The van der Waals surface area contributed by atoms with Crippen LogP contribution in [0.15, 0.2) is 224 Å². The van der Waals surface area contributed by atoms with E-state index in [9.17, 15) is 61.5 Å². The van der Waals surface area contributed by atoms with Crippen molar-refractivity contribution in [3.05, 3.63) is 333 Å². The number of aromatic nitrogens is 8. The van der Waals surface area contributed by atoms with E-state index in [-0.39, 0.29) is 22.3 Å². The van der Waals surface area contributed by atoms with Gasteiger partial charge in [-0.05, 0) is 203 Å². The Morgan fingerprint density at radius 2 is 0.556 bits per heavy atom. The first-order chi connectivity index (χ1) is 60.2. The highest BCUT2D eigenvalue weighted by atomic mass is 19.2. The number of rotatable bonds is 8. The molecule has 0 radical (unpaired) electrons. The second-order valence-corrected chi connectivity index (χ2v) is 31.0. The zero-order valence-corrected chi connectivity index (χ0v) is 69.1. The summed E-state index contributed by atoms with van der Waals surface area (Å²) in [6.07, 6.45) is 6.72. The quantitative estimate of drug-likeness (QED) is 0.0639. The summed E-state index contributed by atoms with van der Waals surface area (Å²) in [5.74, 6) is -21.7. The van der Waals surface area contributed by atoms with Gasteiger partial charge in [0.25, 0.3) is 0 Å². The summed E-state index contributed by atoms with van der Waals surface area (Å²) in [7, 11) is 7.19. The second kappa shape index (κ2) is 32.5. The number of furan rings is 4. The van der Waals surface area contributed by atoms with Gasteiger partial charge in [-0.3, -0.25) is 0 Å². The van der Waals surface area contributed by atoms with Gasteiger partial charge in [0, 0.05) is 102 Å². The van der Waals surface area contributed by atoms with Crippen molar-refractivity contribution in [1.29, 1.82) is 0 Å². The Balaban J connectivity index is 0.000000119. The number of benzene rings is 8. The first-order valence-corrected chi connectivity index (χ1v) is 39.3. The number of halogens is 14. The van der Waals surface area contributed by atoms with Gasteiger partial charge >= 0.3 is 0 Å². The minimum absolute atomic E-state index is 0.152. The van der Waals surface area contributed by atoms with Gasteiger partial charge in [0.2, 0.25) is 51.4 Å². The standard InChI is InChI=1S/C25H16F5N2O.3C25H18F3N2O/c1-11-4-7-14-15-8-5-12(2)31-25(15)33-24(14)17(11)16-9-6-13(10-32(16)3)18-19(26)21(28)23(30)22(29)20(18)27;1-13-4-7-17-18-8-5-14(2)29-25(18)31-24(17)22(13)21-9-6-15(12-30(21)3)16-10-19(26)23(28)20(27)11-16;1-13-4-6-17-18-7-5-14(2)29-25(18)31-24(17)22(13)21-12-15(8-9-30(21)3)16-10-19(26)23(28)20(27)11-16;1-13-6-8-17-18-9-7-14(2)29-25(18)31-24(17)21(13)23-16(5-4-10-30(23)3)15-11-19(26)22(28)20(27)12-15/h4-10H,1-3H3;3*4-12H,1-3H3/q4*+1. The van der Waals surface area contributed by atoms with Crippen molar-refractivity contribution in [3.8, 4) is 89.5 Å². The van der Waals surface area contributed by atoms with E-state index in [1.54, 1.807) is 54.3 Å². The Kier molecular flexibility index (Phi) is 21.5. The molecule has 0 fully saturated rings. The fourth-order valence-corrected chi connectivity index (χ4v) is 16.1. The second-order valence-electron chi connectivity index (χ2n) is 31.0. The van der Waals surface area contributed by atoms with E-state index < -0.39 is 87.0 Å². The molecule has 8 aromatic carbocycles. The summed E-state index contributed by atoms with van der Waals surface area (Å²) in [6.45, 7) is 15.4. The van der Waals surface area contributed by atoms with E-state index in [1.807, 2.05) is 206 Å². The van der Waals surface area contributed by atoms with E-state index in [1.165, 1.54) is 12.3 Å². The summed E-state index contributed by atoms with van der Waals surface area (Å²) in [5, 5.41) is 7.25. The molecule has 0 saturated heterocycles. The molecule has 0 aliphatic heterocycles. The van der Waals surface area contributed by atoms with Crippen LogP contribution in [0.25, 0.3) is 178 Å². The third-order valence-electron chi connectivity index (χ3n) is 22.4. The SMILES string of the molecule is Cc1ccc2c(n1)oc1c(-c3c(-c4cc(F)c(F)c(F)c4)ccc[n+]3C)c(C)ccc12.Cc1ccc2c(n1)oc1c(-c3cc(-c4cc(F)c(F)c(F)c4)cc[n+]3C)c(C)ccc12.Cc1ccc2c(n1)oc1c(-c3ccc(-c4c(F)c(F)c(F)c(F)c4F)c[n+]3C)c(C)ccc12.Cc1ccc2c(n1)oc1c(-c3ccc(-c4cc(F)c(F)c(F)c4)c[n+]3C)c(C)ccc12. The summed E-state index contributed by atoms with van der Waals surface area (Å²) < 4.78 is 225. The average molecular weight is 1710 g/mol. The number of fused-ring (bicyclic) bond motifs is 12. The highest BCUT2D eigenvalue weighted by Gasteiger charge is 2.33. The van der Waals surface area contributed by atoms with Crippen LogP contribution in [-0.2, 0) is 28.2 Å². The normalized spacial score (nSPS) is 11.6. The predicted molar refractivity (Wildman–Crippen MR) is 452 cm³/mol. The number of aryl methyl sites for hydroxylation is 12. The lowest BCUT2D eigenvalue weighted by Crippen LogP contribution is -2.31. The van der Waals surface area contributed by atoms with Crippen LogP contribution >= 0.6 is 0 Å². The Bertz CT molecular complexity index is 7880. The molecule has 126 heavy (non-hydrogen) atoms. The maximum absolute atomic E-state index is 14.3. The maximum atomic E-state index is 14.3. The number of nitrogens with zero attached hydrogens (tertiary/aromatic N) is 8. The van der Waals surface area contributed by atoms with Crippen molar-refractivity contribution in [1.82, 2.24) is 19.9 Å². The molecule has 0 aliphatic rings. The molecule has 26 heteroatoms. The summed E-state index contributed by atoms with van der Waals surface area (Å²) in [5.41, 5.74) is 19.6. The molecular formula is C100H70F14N8O4+4. The minimum atomic E-state index is -2.19. The Morgan fingerprint density at radius 3 is 0.937 bits per heavy atom. The summed E-state index contributed by atoms with van der Waals surface area (Å²) in [6, 6.07) is 51.1. The molecule has 12 nitrogen and oxygen atoms in total. The molecule has 0 N–H and O–H groups in total. The lowest BCUT2D eigenvalue weighted by atomic mass is 9.94. The van der Waals surface area contributed by atoms with Gasteiger partial charge in [0.1, 0.15) is 28.2 Å². The van der Waals surface area contributed by atoms with Crippen LogP contribution in [0.3, 0.4) is 0 Å². The van der Waals surface area contributed by atoms with Crippen LogP contribution < -0.4 is 18.3 Å². The largest absolute Gasteiger partial charge is 0.437 e. The fourth-order valence-electron chi connectivity index (χ4n) is 16.1. The van der Waals surface area contributed by atoms with Crippen molar-refractivity contribution in [2.24, 2.45) is 28.2 Å². The van der Waals surface area contributed by atoms with Gasteiger partial charge in [0.15, 0.2) is 123 Å². The lowest BCUT2D eigenvalue weighted by molar-refractivity contribution is -0.660. The van der Waals surface area contributed by atoms with E-state index >= 15 is 0 Å².